The molecule has 0 aliphatic carbocycles. The molecule has 9 heteroatoms. The van der Waals surface area contributed by atoms with E-state index in [1.807, 2.05) is 6.92 Å². The summed E-state index contributed by atoms with van der Waals surface area (Å²) in [6.45, 7) is 3.33. The van der Waals surface area contributed by atoms with E-state index in [-0.39, 0.29) is 11.4 Å². The van der Waals surface area contributed by atoms with Crippen molar-refractivity contribution >= 4 is 56.4 Å². The van der Waals surface area contributed by atoms with Crippen molar-refractivity contribution in [1.82, 2.24) is 5.32 Å². The first-order valence-corrected chi connectivity index (χ1v) is 12.2. The number of sulfonamides is 1. The van der Waals surface area contributed by atoms with Gasteiger partial charge in [-0.3, -0.25) is 9.10 Å². The number of halogens is 3. The Morgan fingerprint density at radius 3 is 2.16 bits per heavy atom. The summed E-state index contributed by atoms with van der Waals surface area (Å²) in [5.74, 6) is -0.485. The summed E-state index contributed by atoms with van der Waals surface area (Å²) in [7, 11) is -4.01. The molecular formula is C23H21Cl3N2O3S. The molecule has 0 spiro atoms. The number of nitrogens with one attached hydrogen (secondary N) is 1. The van der Waals surface area contributed by atoms with Crippen LogP contribution in [0, 0.1) is 13.8 Å². The lowest BCUT2D eigenvalue weighted by atomic mass is 10.2. The first-order chi connectivity index (χ1) is 15.1. The minimum atomic E-state index is -4.01. The molecule has 0 aliphatic heterocycles. The van der Waals surface area contributed by atoms with E-state index in [9.17, 15) is 13.2 Å². The fraction of sp³-hybridized carbons (Fsp3) is 0.174. The van der Waals surface area contributed by atoms with E-state index >= 15 is 0 Å². The van der Waals surface area contributed by atoms with Crippen LogP contribution in [0.1, 0.15) is 16.7 Å². The summed E-state index contributed by atoms with van der Waals surface area (Å²) < 4.78 is 28.0. The molecular weight excluding hydrogens is 491 g/mol. The topological polar surface area (TPSA) is 66.5 Å². The van der Waals surface area contributed by atoms with Gasteiger partial charge in [-0.2, -0.15) is 0 Å². The first-order valence-electron chi connectivity index (χ1n) is 9.64. The van der Waals surface area contributed by atoms with E-state index in [2.05, 4.69) is 5.32 Å². The molecule has 0 saturated heterocycles. The highest BCUT2D eigenvalue weighted by molar-refractivity contribution is 7.92. The fourth-order valence-corrected chi connectivity index (χ4v) is 5.27. The van der Waals surface area contributed by atoms with Crippen molar-refractivity contribution in [2.45, 2.75) is 25.3 Å². The zero-order chi connectivity index (χ0) is 23.5. The third kappa shape index (κ3) is 5.75. The quantitative estimate of drug-likeness (QED) is 0.437. The van der Waals surface area contributed by atoms with E-state index in [1.54, 1.807) is 55.5 Å². The van der Waals surface area contributed by atoms with Crippen LogP contribution in [-0.4, -0.2) is 20.9 Å². The van der Waals surface area contributed by atoms with Crippen molar-refractivity contribution in [2.24, 2.45) is 0 Å². The summed E-state index contributed by atoms with van der Waals surface area (Å²) in [6.07, 6.45) is 0. The number of benzene rings is 3. The standard InChI is InChI=1S/C23H21Cl3N2O3S/c1-15-3-8-20(9-4-15)32(30,31)28(22-10-7-18(24)11-16(22)2)14-23(29)27-13-17-5-6-19(25)12-21(17)26/h3-12H,13-14H2,1-2H3,(H,27,29). The number of hydrogen-bond acceptors (Lipinski definition) is 3. The summed E-state index contributed by atoms with van der Waals surface area (Å²) in [4.78, 5) is 12.9. The third-order valence-electron chi connectivity index (χ3n) is 4.81. The average Bonchev–Trinajstić information content (AvgIpc) is 2.72. The molecule has 0 aliphatic rings. The molecule has 0 radical (unpaired) electrons. The minimum absolute atomic E-state index is 0.0889. The van der Waals surface area contributed by atoms with Gasteiger partial charge in [0.25, 0.3) is 10.0 Å². The lowest BCUT2D eigenvalue weighted by Crippen LogP contribution is -2.41. The molecule has 168 valence electrons. The van der Waals surface area contributed by atoms with Crippen LogP contribution in [0.2, 0.25) is 15.1 Å². The minimum Gasteiger partial charge on any atom is -0.350 e. The number of anilines is 1. The Kier molecular flexibility index (Phi) is 7.72. The smallest absolute Gasteiger partial charge is 0.264 e. The Bertz CT molecular complexity index is 1250. The van der Waals surface area contributed by atoms with E-state index in [0.29, 0.717) is 31.9 Å². The summed E-state index contributed by atoms with van der Waals surface area (Å²) >= 11 is 18.1. The third-order valence-corrected chi connectivity index (χ3v) is 7.41. The van der Waals surface area contributed by atoms with E-state index in [4.69, 9.17) is 34.8 Å². The van der Waals surface area contributed by atoms with Gasteiger partial charge in [-0.05, 0) is 67.4 Å². The Morgan fingerprint density at radius 2 is 1.53 bits per heavy atom. The monoisotopic (exact) mass is 510 g/mol. The SMILES string of the molecule is Cc1ccc(S(=O)(=O)N(CC(=O)NCc2ccc(Cl)cc2Cl)c2ccc(Cl)cc2C)cc1. The second-order valence-electron chi connectivity index (χ2n) is 7.27. The van der Waals surface area contributed by atoms with E-state index < -0.39 is 22.5 Å². The van der Waals surface area contributed by atoms with Crippen LogP contribution in [0.5, 0.6) is 0 Å². The predicted molar refractivity (Wildman–Crippen MR) is 130 cm³/mol. The van der Waals surface area contributed by atoms with Crippen molar-refractivity contribution < 1.29 is 13.2 Å². The van der Waals surface area contributed by atoms with Gasteiger partial charge in [-0.1, -0.05) is 58.6 Å². The van der Waals surface area contributed by atoms with Crippen molar-refractivity contribution in [3.8, 4) is 0 Å². The molecule has 0 saturated carbocycles. The number of amides is 1. The van der Waals surface area contributed by atoms with Gasteiger partial charge in [0.1, 0.15) is 6.54 Å². The van der Waals surface area contributed by atoms with Crippen LogP contribution >= 0.6 is 34.8 Å². The van der Waals surface area contributed by atoms with Crippen molar-refractivity contribution in [3.05, 3.63) is 92.4 Å². The van der Waals surface area contributed by atoms with Crippen molar-refractivity contribution in [1.29, 1.82) is 0 Å². The van der Waals surface area contributed by atoms with Crippen LogP contribution in [-0.2, 0) is 21.4 Å². The number of carbonyl (C=O) groups is 1. The number of nitrogens with zero attached hydrogens (tertiary/aromatic N) is 1. The lowest BCUT2D eigenvalue weighted by molar-refractivity contribution is -0.119. The molecule has 3 aromatic rings. The average molecular weight is 512 g/mol. The molecule has 0 heterocycles. The second kappa shape index (κ2) is 10.1. The maximum Gasteiger partial charge on any atom is 0.264 e. The Labute approximate surface area is 203 Å². The van der Waals surface area contributed by atoms with Gasteiger partial charge in [-0.25, -0.2) is 8.42 Å². The zero-order valence-corrected chi connectivity index (χ0v) is 20.5. The highest BCUT2D eigenvalue weighted by atomic mass is 35.5. The van der Waals surface area contributed by atoms with Gasteiger partial charge < -0.3 is 5.32 Å². The van der Waals surface area contributed by atoms with Gasteiger partial charge in [0.05, 0.1) is 10.6 Å². The molecule has 1 amide bonds. The molecule has 0 unspecified atom stereocenters. The fourth-order valence-electron chi connectivity index (χ4n) is 3.08. The number of hydrogen-bond donors (Lipinski definition) is 1. The summed E-state index contributed by atoms with van der Waals surface area (Å²) in [5.41, 5.74) is 2.59. The number of carbonyl (C=O) groups excluding carboxylic acids is 1. The molecule has 0 fully saturated rings. The maximum atomic E-state index is 13.5. The van der Waals surface area contributed by atoms with Crippen LogP contribution < -0.4 is 9.62 Å². The molecule has 5 nitrogen and oxygen atoms in total. The Hall–Kier alpha value is -2.25. The largest absolute Gasteiger partial charge is 0.350 e. The Morgan fingerprint density at radius 1 is 0.906 bits per heavy atom. The zero-order valence-electron chi connectivity index (χ0n) is 17.4. The molecule has 0 bridgehead atoms. The van der Waals surface area contributed by atoms with Gasteiger partial charge >= 0.3 is 0 Å². The van der Waals surface area contributed by atoms with Gasteiger partial charge in [0.15, 0.2) is 0 Å². The number of aryl methyl sites for hydroxylation is 2. The summed E-state index contributed by atoms with van der Waals surface area (Å²) in [6, 6.07) is 16.2. The first kappa shape index (κ1) is 24.4. The molecule has 3 aromatic carbocycles. The lowest BCUT2D eigenvalue weighted by Gasteiger charge is -2.26. The highest BCUT2D eigenvalue weighted by Crippen LogP contribution is 2.29. The molecule has 32 heavy (non-hydrogen) atoms. The van der Waals surface area contributed by atoms with Gasteiger partial charge in [-0.15, -0.1) is 0 Å². The van der Waals surface area contributed by atoms with Crippen molar-refractivity contribution in [2.75, 3.05) is 10.8 Å². The molecule has 1 N–H and O–H groups in total. The molecule has 0 atom stereocenters. The van der Waals surface area contributed by atoms with Crippen LogP contribution in [0.25, 0.3) is 0 Å². The maximum absolute atomic E-state index is 13.5. The summed E-state index contributed by atoms with van der Waals surface area (Å²) in [5, 5.41) is 4.09. The van der Waals surface area contributed by atoms with Crippen LogP contribution in [0.4, 0.5) is 5.69 Å². The number of rotatable bonds is 7. The highest BCUT2D eigenvalue weighted by Gasteiger charge is 2.28. The normalized spacial score (nSPS) is 11.3. The second-order valence-corrected chi connectivity index (χ2v) is 10.4. The van der Waals surface area contributed by atoms with E-state index in [1.165, 1.54) is 12.1 Å². The van der Waals surface area contributed by atoms with E-state index in [0.717, 1.165) is 9.87 Å². The van der Waals surface area contributed by atoms with Crippen LogP contribution in [0.15, 0.2) is 65.6 Å². The van der Waals surface area contributed by atoms with Crippen LogP contribution in [0.3, 0.4) is 0 Å². The predicted octanol–water partition coefficient (Wildman–Crippen LogP) is 5.78. The molecule has 0 aromatic heterocycles. The molecule has 3 rings (SSSR count). The van der Waals surface area contributed by atoms with Crippen molar-refractivity contribution in [3.63, 3.8) is 0 Å². The van der Waals surface area contributed by atoms with Gasteiger partial charge in [0.2, 0.25) is 5.91 Å². The van der Waals surface area contributed by atoms with Gasteiger partial charge in [0, 0.05) is 21.6 Å². The Balaban J connectivity index is 1.90.